The number of thioether (sulfide) groups is 1. The minimum absolute atomic E-state index is 0.00493. The van der Waals surface area contributed by atoms with E-state index in [0.717, 1.165) is 22.0 Å². The van der Waals surface area contributed by atoms with Gasteiger partial charge >= 0.3 is 0 Å². The molecule has 0 spiro atoms. The molecule has 1 aliphatic heterocycles. The summed E-state index contributed by atoms with van der Waals surface area (Å²) in [6.45, 7) is 1.05. The molecule has 182 valence electrons. The Labute approximate surface area is 209 Å². The van der Waals surface area contributed by atoms with Gasteiger partial charge in [-0.25, -0.2) is 4.98 Å². The van der Waals surface area contributed by atoms with Crippen molar-refractivity contribution in [3.63, 3.8) is 0 Å². The first-order valence-electron chi connectivity index (χ1n) is 11.5. The van der Waals surface area contributed by atoms with Gasteiger partial charge in [-0.2, -0.15) is 0 Å². The van der Waals surface area contributed by atoms with Gasteiger partial charge in [0.05, 0.1) is 19.2 Å². The number of carbonyl (C=O) groups is 2. The summed E-state index contributed by atoms with van der Waals surface area (Å²) in [5.74, 6) is 1.69. The van der Waals surface area contributed by atoms with Gasteiger partial charge in [0.2, 0.25) is 5.91 Å². The molecule has 2 heterocycles. The Morgan fingerprint density at radius 2 is 1.74 bits per heavy atom. The number of aromatic nitrogens is 1. The first-order valence-corrected chi connectivity index (χ1v) is 12.5. The molecule has 0 bridgehead atoms. The van der Waals surface area contributed by atoms with Crippen LogP contribution >= 0.6 is 11.8 Å². The van der Waals surface area contributed by atoms with Crippen LogP contribution in [0.15, 0.2) is 71.9 Å². The molecule has 0 radical (unpaired) electrons. The molecule has 8 heteroatoms. The van der Waals surface area contributed by atoms with Crippen LogP contribution in [0.25, 0.3) is 0 Å². The number of hydrogen-bond donors (Lipinski definition) is 1. The van der Waals surface area contributed by atoms with Crippen molar-refractivity contribution >= 4 is 29.3 Å². The lowest BCUT2D eigenvalue weighted by Crippen LogP contribution is -2.41. The van der Waals surface area contributed by atoms with E-state index >= 15 is 0 Å². The Morgan fingerprint density at radius 1 is 1.00 bits per heavy atom. The second-order valence-electron chi connectivity index (χ2n) is 8.31. The third kappa shape index (κ3) is 6.54. The van der Waals surface area contributed by atoms with Gasteiger partial charge in [-0.1, -0.05) is 18.2 Å². The molecule has 2 aromatic carbocycles. The molecule has 1 aliphatic rings. The molecule has 7 nitrogen and oxygen atoms in total. The largest absolute Gasteiger partial charge is 0.497 e. The van der Waals surface area contributed by atoms with Gasteiger partial charge in [0.25, 0.3) is 5.91 Å². The third-order valence-corrected chi connectivity index (χ3v) is 6.99. The Morgan fingerprint density at radius 3 is 2.40 bits per heavy atom. The highest BCUT2D eigenvalue weighted by molar-refractivity contribution is 7.98. The quantitative estimate of drug-likeness (QED) is 0.452. The normalized spacial score (nSPS) is 13.8. The smallest absolute Gasteiger partial charge is 0.254 e. The first kappa shape index (κ1) is 24.6. The second kappa shape index (κ2) is 11.8. The second-order valence-corrected chi connectivity index (χ2v) is 9.31. The van der Waals surface area contributed by atoms with Gasteiger partial charge in [0.1, 0.15) is 11.5 Å². The molecule has 1 aromatic heterocycles. The molecule has 0 atom stereocenters. The number of ether oxygens (including phenoxy) is 2. The maximum atomic E-state index is 13.0. The topological polar surface area (TPSA) is 80.8 Å². The van der Waals surface area contributed by atoms with Crippen molar-refractivity contribution in [3.8, 4) is 11.5 Å². The van der Waals surface area contributed by atoms with E-state index < -0.39 is 0 Å². The zero-order chi connectivity index (χ0) is 24.6. The van der Waals surface area contributed by atoms with Crippen molar-refractivity contribution in [1.29, 1.82) is 0 Å². The summed E-state index contributed by atoms with van der Waals surface area (Å²) < 4.78 is 10.6. The molecule has 1 N–H and O–H groups in total. The monoisotopic (exact) mass is 491 g/mol. The van der Waals surface area contributed by atoms with Crippen LogP contribution in [0.3, 0.4) is 0 Å². The summed E-state index contributed by atoms with van der Waals surface area (Å²) in [7, 11) is 3.12. The number of nitrogens with one attached hydrogen (secondary N) is 1. The number of benzene rings is 2. The van der Waals surface area contributed by atoms with Crippen molar-refractivity contribution in [2.75, 3.05) is 32.6 Å². The molecule has 0 unspecified atom stereocenters. The fourth-order valence-electron chi connectivity index (χ4n) is 4.03. The predicted molar refractivity (Wildman–Crippen MR) is 137 cm³/mol. The van der Waals surface area contributed by atoms with E-state index in [1.165, 1.54) is 0 Å². The molecule has 4 rings (SSSR count). The first-order chi connectivity index (χ1) is 17.1. The number of carbonyl (C=O) groups excluding carboxylic acids is 2. The lowest BCUT2D eigenvalue weighted by Gasteiger charge is -2.31. The molecular weight excluding hydrogens is 462 g/mol. The number of methoxy groups -OCH3 is 2. The van der Waals surface area contributed by atoms with E-state index in [1.54, 1.807) is 55.3 Å². The zero-order valence-corrected chi connectivity index (χ0v) is 20.7. The summed E-state index contributed by atoms with van der Waals surface area (Å²) in [4.78, 5) is 32.0. The maximum Gasteiger partial charge on any atom is 0.254 e. The summed E-state index contributed by atoms with van der Waals surface area (Å²) in [6.07, 6.45) is 3.02. The number of nitrogens with zero attached hydrogens (tertiary/aromatic N) is 2. The Balaban J connectivity index is 1.30. The SMILES string of the molecule is COc1cc(OC)cc(C(=O)N2CCC(C(=O)Nc3cccc(CSc4ccccn4)c3)CC2)c1. The average molecular weight is 492 g/mol. The van der Waals surface area contributed by atoms with Gasteiger partial charge in [-0.05, 0) is 54.8 Å². The summed E-state index contributed by atoms with van der Waals surface area (Å²) in [5.41, 5.74) is 2.42. The average Bonchev–Trinajstić information content (AvgIpc) is 2.92. The molecule has 2 amide bonds. The highest BCUT2D eigenvalue weighted by Crippen LogP contribution is 2.27. The Hall–Kier alpha value is -3.52. The number of anilines is 1. The van der Waals surface area contributed by atoms with E-state index in [9.17, 15) is 9.59 Å². The Bertz CT molecular complexity index is 1140. The van der Waals surface area contributed by atoms with E-state index in [4.69, 9.17) is 9.47 Å². The lowest BCUT2D eigenvalue weighted by molar-refractivity contribution is -0.121. The van der Waals surface area contributed by atoms with Crippen molar-refractivity contribution in [3.05, 3.63) is 78.0 Å². The van der Waals surface area contributed by atoms with Crippen LogP contribution in [0.5, 0.6) is 11.5 Å². The number of amides is 2. The molecule has 1 saturated heterocycles. The van der Waals surface area contributed by atoms with Crippen LogP contribution in [0.1, 0.15) is 28.8 Å². The van der Waals surface area contributed by atoms with Crippen molar-refractivity contribution in [2.24, 2.45) is 5.92 Å². The summed E-state index contributed by atoms with van der Waals surface area (Å²) in [5, 5.41) is 4.02. The van der Waals surface area contributed by atoms with E-state index in [0.29, 0.717) is 43.0 Å². The summed E-state index contributed by atoms with van der Waals surface area (Å²) >= 11 is 1.66. The lowest BCUT2D eigenvalue weighted by atomic mass is 9.95. The standard InChI is InChI=1S/C27H29N3O4S/c1-33-23-15-21(16-24(17-23)34-2)27(32)30-12-9-20(10-13-30)26(31)29-22-7-5-6-19(14-22)18-35-25-8-3-4-11-28-25/h3-8,11,14-17,20H,9-10,12-13,18H2,1-2H3,(H,29,31). The van der Waals surface area contributed by atoms with Gasteiger partial charge in [-0.3, -0.25) is 9.59 Å². The molecule has 3 aromatic rings. The van der Waals surface area contributed by atoms with E-state index in [1.807, 2.05) is 42.5 Å². The zero-order valence-electron chi connectivity index (χ0n) is 19.9. The fourth-order valence-corrected chi connectivity index (χ4v) is 4.84. The number of hydrogen-bond acceptors (Lipinski definition) is 6. The van der Waals surface area contributed by atoms with Crippen LogP contribution in [0, 0.1) is 5.92 Å². The predicted octanol–water partition coefficient (Wildman–Crippen LogP) is 4.88. The van der Waals surface area contributed by atoms with Crippen molar-refractivity contribution in [2.45, 2.75) is 23.6 Å². The van der Waals surface area contributed by atoms with Gasteiger partial charge in [0.15, 0.2) is 0 Å². The number of likely N-dealkylation sites (tertiary alicyclic amines) is 1. The van der Waals surface area contributed by atoms with Crippen molar-refractivity contribution < 1.29 is 19.1 Å². The van der Waals surface area contributed by atoms with Crippen LogP contribution in [-0.2, 0) is 10.5 Å². The molecular formula is C27H29N3O4S. The molecule has 0 saturated carbocycles. The van der Waals surface area contributed by atoms with Gasteiger partial charge in [0, 0.05) is 48.3 Å². The molecule has 1 fully saturated rings. The van der Waals surface area contributed by atoms with Crippen LogP contribution in [0.2, 0.25) is 0 Å². The van der Waals surface area contributed by atoms with E-state index in [2.05, 4.69) is 10.3 Å². The van der Waals surface area contributed by atoms with Crippen LogP contribution < -0.4 is 14.8 Å². The van der Waals surface area contributed by atoms with Crippen LogP contribution in [0.4, 0.5) is 5.69 Å². The maximum absolute atomic E-state index is 13.0. The number of piperidine rings is 1. The highest BCUT2D eigenvalue weighted by atomic mass is 32.2. The third-order valence-electron chi connectivity index (χ3n) is 5.97. The minimum atomic E-state index is -0.134. The summed E-state index contributed by atoms with van der Waals surface area (Å²) in [6, 6.07) is 18.9. The number of rotatable bonds is 8. The van der Waals surface area contributed by atoms with E-state index in [-0.39, 0.29) is 17.7 Å². The molecule has 35 heavy (non-hydrogen) atoms. The van der Waals surface area contributed by atoms with Gasteiger partial charge < -0.3 is 19.7 Å². The minimum Gasteiger partial charge on any atom is -0.497 e. The number of pyridine rings is 1. The fraction of sp³-hybridized carbons (Fsp3) is 0.296. The van der Waals surface area contributed by atoms with Crippen LogP contribution in [-0.4, -0.2) is 49.0 Å². The van der Waals surface area contributed by atoms with Gasteiger partial charge in [-0.15, -0.1) is 11.8 Å². The molecule has 0 aliphatic carbocycles. The van der Waals surface area contributed by atoms with Crippen molar-refractivity contribution in [1.82, 2.24) is 9.88 Å². The Kier molecular flexibility index (Phi) is 8.26. The highest BCUT2D eigenvalue weighted by Gasteiger charge is 2.28.